The lowest BCUT2D eigenvalue weighted by Crippen LogP contribution is -2.40. The second kappa shape index (κ2) is 6.54. The van der Waals surface area contributed by atoms with Crippen LogP contribution < -0.4 is 5.73 Å². The van der Waals surface area contributed by atoms with Crippen LogP contribution in [0.25, 0.3) is 11.0 Å². The summed E-state index contributed by atoms with van der Waals surface area (Å²) in [7, 11) is 1.75. The van der Waals surface area contributed by atoms with Gasteiger partial charge in [0.2, 0.25) is 5.91 Å². The standard InChI is InChI=1S/C13H17N3O2.ClH/c1-9(8-14)16(2)13(17)7-11-10-5-3-4-6-12(10)18-15-11;/h3-6,9H,7-8,14H2,1-2H3;1H. The molecular formula is C13H18ClN3O2. The number of hydrogen-bond acceptors (Lipinski definition) is 4. The van der Waals surface area contributed by atoms with Crippen LogP contribution in [0.3, 0.4) is 0 Å². The highest BCUT2D eigenvalue weighted by Crippen LogP contribution is 2.18. The van der Waals surface area contributed by atoms with Crippen molar-refractivity contribution in [2.24, 2.45) is 5.73 Å². The first-order valence-corrected chi connectivity index (χ1v) is 5.92. The highest BCUT2D eigenvalue weighted by atomic mass is 35.5. The normalized spacial score (nSPS) is 11.9. The first-order valence-electron chi connectivity index (χ1n) is 5.92. The lowest BCUT2D eigenvalue weighted by atomic mass is 10.1. The summed E-state index contributed by atoms with van der Waals surface area (Å²) in [4.78, 5) is 13.7. The van der Waals surface area contributed by atoms with Gasteiger partial charge in [0, 0.05) is 25.0 Å². The zero-order valence-corrected chi connectivity index (χ0v) is 11.8. The number of aromatic nitrogens is 1. The fraction of sp³-hybridized carbons (Fsp3) is 0.385. The summed E-state index contributed by atoms with van der Waals surface area (Å²) in [5.74, 6) is -0.00740. The highest BCUT2D eigenvalue weighted by Gasteiger charge is 2.18. The molecular weight excluding hydrogens is 266 g/mol. The van der Waals surface area contributed by atoms with Gasteiger partial charge in [-0.3, -0.25) is 4.79 Å². The van der Waals surface area contributed by atoms with Gasteiger partial charge in [0.15, 0.2) is 5.58 Å². The Kier molecular flexibility index (Phi) is 5.32. The Balaban J connectivity index is 0.00000180. The quantitative estimate of drug-likeness (QED) is 0.925. The van der Waals surface area contributed by atoms with E-state index in [1.54, 1.807) is 11.9 Å². The Morgan fingerprint density at radius 2 is 2.16 bits per heavy atom. The maximum Gasteiger partial charge on any atom is 0.228 e. The Bertz CT molecular complexity index is 556. The molecule has 0 saturated heterocycles. The van der Waals surface area contributed by atoms with Crippen LogP contribution in [0, 0.1) is 0 Å². The Labute approximate surface area is 118 Å². The summed E-state index contributed by atoms with van der Waals surface area (Å²) < 4.78 is 5.17. The van der Waals surface area contributed by atoms with Gasteiger partial charge in [0.1, 0.15) is 5.69 Å². The van der Waals surface area contributed by atoms with Crippen molar-refractivity contribution in [1.82, 2.24) is 10.1 Å². The molecule has 0 spiro atoms. The molecule has 0 aliphatic rings. The van der Waals surface area contributed by atoms with Gasteiger partial charge in [0.25, 0.3) is 0 Å². The molecule has 1 unspecified atom stereocenters. The van der Waals surface area contributed by atoms with E-state index in [9.17, 15) is 4.79 Å². The second-order valence-corrected chi connectivity index (χ2v) is 4.39. The van der Waals surface area contributed by atoms with Crippen molar-refractivity contribution in [3.8, 4) is 0 Å². The molecule has 2 rings (SSSR count). The number of nitrogens with zero attached hydrogens (tertiary/aromatic N) is 2. The van der Waals surface area contributed by atoms with Gasteiger partial charge in [0.05, 0.1) is 6.42 Å². The van der Waals surface area contributed by atoms with Gasteiger partial charge in [-0.25, -0.2) is 0 Å². The molecule has 2 aromatic rings. The van der Waals surface area contributed by atoms with Crippen LogP contribution in [0.15, 0.2) is 28.8 Å². The summed E-state index contributed by atoms with van der Waals surface area (Å²) in [6.07, 6.45) is 0.234. The van der Waals surface area contributed by atoms with Crippen molar-refractivity contribution in [1.29, 1.82) is 0 Å². The SMILES string of the molecule is CC(CN)N(C)C(=O)Cc1noc2ccccc12.Cl. The number of rotatable bonds is 4. The molecule has 0 radical (unpaired) electrons. The van der Waals surface area contributed by atoms with Gasteiger partial charge >= 0.3 is 0 Å². The van der Waals surface area contributed by atoms with Crippen LogP contribution in [0.5, 0.6) is 0 Å². The predicted octanol–water partition coefficient (Wildman–Crippen LogP) is 1.60. The zero-order valence-electron chi connectivity index (χ0n) is 11.0. The third-order valence-corrected chi connectivity index (χ3v) is 3.17. The molecule has 0 fully saturated rings. The lowest BCUT2D eigenvalue weighted by Gasteiger charge is -2.23. The van der Waals surface area contributed by atoms with Crippen molar-refractivity contribution in [3.05, 3.63) is 30.0 Å². The number of nitrogens with two attached hydrogens (primary N) is 1. The van der Waals surface area contributed by atoms with Crippen LogP contribution in [0.4, 0.5) is 0 Å². The molecule has 1 aromatic carbocycles. The summed E-state index contributed by atoms with van der Waals surface area (Å²) >= 11 is 0. The maximum absolute atomic E-state index is 12.0. The molecule has 1 aromatic heterocycles. The van der Waals surface area contributed by atoms with Gasteiger partial charge in [-0.2, -0.15) is 0 Å². The molecule has 1 atom stereocenters. The topological polar surface area (TPSA) is 72.4 Å². The number of fused-ring (bicyclic) bond motifs is 1. The van der Waals surface area contributed by atoms with E-state index in [0.29, 0.717) is 17.8 Å². The van der Waals surface area contributed by atoms with Gasteiger partial charge in [-0.1, -0.05) is 17.3 Å². The average Bonchev–Trinajstić information content (AvgIpc) is 2.80. The number of halogens is 1. The minimum absolute atomic E-state index is 0. The van der Waals surface area contributed by atoms with Crippen LogP contribution in [-0.4, -0.2) is 35.6 Å². The van der Waals surface area contributed by atoms with Crippen LogP contribution in [-0.2, 0) is 11.2 Å². The Hall–Kier alpha value is -1.59. The second-order valence-electron chi connectivity index (χ2n) is 4.39. The molecule has 0 aliphatic carbocycles. The van der Waals surface area contributed by atoms with E-state index in [1.165, 1.54) is 0 Å². The minimum Gasteiger partial charge on any atom is -0.356 e. The van der Waals surface area contributed by atoms with E-state index in [4.69, 9.17) is 10.3 Å². The zero-order chi connectivity index (χ0) is 13.1. The molecule has 0 saturated carbocycles. The lowest BCUT2D eigenvalue weighted by molar-refractivity contribution is -0.130. The Morgan fingerprint density at radius 1 is 1.47 bits per heavy atom. The smallest absolute Gasteiger partial charge is 0.228 e. The van der Waals surface area contributed by atoms with Gasteiger partial charge in [-0.15, -0.1) is 12.4 Å². The fourth-order valence-corrected chi connectivity index (χ4v) is 1.74. The third kappa shape index (κ3) is 3.24. The van der Waals surface area contributed by atoms with Crippen molar-refractivity contribution < 1.29 is 9.32 Å². The fourth-order valence-electron chi connectivity index (χ4n) is 1.74. The maximum atomic E-state index is 12.0. The van der Waals surface area contributed by atoms with Crippen molar-refractivity contribution >= 4 is 29.3 Å². The number of amides is 1. The molecule has 2 N–H and O–H groups in total. The van der Waals surface area contributed by atoms with Crippen LogP contribution in [0.1, 0.15) is 12.6 Å². The number of hydrogen-bond donors (Lipinski definition) is 1. The molecule has 1 amide bonds. The molecule has 0 aliphatic heterocycles. The van der Waals surface area contributed by atoms with Crippen molar-refractivity contribution in [2.45, 2.75) is 19.4 Å². The molecule has 104 valence electrons. The summed E-state index contributed by atoms with van der Waals surface area (Å²) in [6.45, 7) is 2.36. The van der Waals surface area contributed by atoms with E-state index < -0.39 is 0 Å². The van der Waals surface area contributed by atoms with E-state index in [2.05, 4.69) is 5.16 Å². The largest absolute Gasteiger partial charge is 0.356 e. The minimum atomic E-state index is -0.00740. The van der Waals surface area contributed by atoms with Gasteiger partial charge < -0.3 is 15.2 Å². The van der Waals surface area contributed by atoms with E-state index in [1.807, 2.05) is 31.2 Å². The van der Waals surface area contributed by atoms with E-state index >= 15 is 0 Å². The molecule has 1 heterocycles. The number of likely N-dealkylation sites (N-methyl/N-ethyl adjacent to an activating group) is 1. The predicted molar refractivity (Wildman–Crippen MR) is 76.2 cm³/mol. The third-order valence-electron chi connectivity index (χ3n) is 3.17. The van der Waals surface area contributed by atoms with Gasteiger partial charge in [-0.05, 0) is 19.1 Å². The Morgan fingerprint density at radius 3 is 2.84 bits per heavy atom. The number of benzene rings is 1. The first-order chi connectivity index (χ1) is 8.63. The number of para-hydroxylation sites is 1. The molecule has 5 nitrogen and oxygen atoms in total. The summed E-state index contributed by atoms with van der Waals surface area (Å²) in [5.41, 5.74) is 6.92. The van der Waals surface area contributed by atoms with Crippen molar-refractivity contribution in [2.75, 3.05) is 13.6 Å². The van der Waals surface area contributed by atoms with Crippen molar-refractivity contribution in [3.63, 3.8) is 0 Å². The molecule has 6 heteroatoms. The molecule has 0 bridgehead atoms. The molecule has 19 heavy (non-hydrogen) atoms. The summed E-state index contributed by atoms with van der Waals surface area (Å²) in [5, 5.41) is 4.84. The van der Waals surface area contributed by atoms with Crippen LogP contribution in [0.2, 0.25) is 0 Å². The number of carbonyl (C=O) groups is 1. The summed E-state index contributed by atoms with van der Waals surface area (Å²) in [6, 6.07) is 7.54. The number of carbonyl (C=O) groups excluding carboxylic acids is 1. The van der Waals surface area contributed by atoms with E-state index in [0.717, 1.165) is 5.39 Å². The van der Waals surface area contributed by atoms with E-state index in [-0.39, 0.29) is 30.8 Å². The van der Waals surface area contributed by atoms with Crippen LogP contribution >= 0.6 is 12.4 Å². The highest BCUT2D eigenvalue weighted by molar-refractivity contribution is 5.86. The first kappa shape index (κ1) is 15.5. The monoisotopic (exact) mass is 283 g/mol. The average molecular weight is 284 g/mol.